The maximum atomic E-state index is 6.30. The molecule has 0 amide bonds. The summed E-state index contributed by atoms with van der Waals surface area (Å²) in [5.74, 6) is 1.60. The average molecular weight is 293 g/mol. The normalized spacial score (nSPS) is 26.5. The maximum absolute atomic E-state index is 6.30. The van der Waals surface area contributed by atoms with E-state index in [2.05, 4.69) is 31.9 Å². The van der Waals surface area contributed by atoms with Crippen molar-refractivity contribution in [1.82, 2.24) is 9.78 Å². The fourth-order valence-electron chi connectivity index (χ4n) is 3.46. The van der Waals surface area contributed by atoms with Crippen molar-refractivity contribution in [3.8, 4) is 0 Å². The van der Waals surface area contributed by atoms with Crippen LogP contribution in [0.1, 0.15) is 57.8 Å². The first-order valence-electron chi connectivity index (χ1n) is 8.37. The molecule has 0 saturated heterocycles. The van der Waals surface area contributed by atoms with Crippen molar-refractivity contribution in [3.63, 3.8) is 0 Å². The van der Waals surface area contributed by atoms with E-state index in [0.717, 1.165) is 42.6 Å². The molecule has 1 aromatic rings. The van der Waals surface area contributed by atoms with Crippen LogP contribution < -0.4 is 5.73 Å². The van der Waals surface area contributed by atoms with E-state index in [1.165, 1.54) is 12.8 Å². The van der Waals surface area contributed by atoms with E-state index in [9.17, 15) is 0 Å². The topological polar surface area (TPSA) is 53.1 Å². The molecule has 4 heteroatoms. The van der Waals surface area contributed by atoms with Gasteiger partial charge in [-0.05, 0) is 57.4 Å². The summed E-state index contributed by atoms with van der Waals surface area (Å²) in [7, 11) is 0. The van der Waals surface area contributed by atoms with Crippen molar-refractivity contribution < 1.29 is 4.74 Å². The minimum absolute atomic E-state index is 0.123. The standard InChI is InChI=1S/C17H31N3O/c1-5-20-16(10-14(4)19-20)11-21-17(12-18)8-6-15(7-9-17)13(2)3/h10,13,15H,5-9,11-12,18H2,1-4H3. The predicted molar refractivity (Wildman–Crippen MR) is 86.0 cm³/mol. The summed E-state index contributed by atoms with van der Waals surface area (Å²) in [5, 5.41) is 4.48. The molecule has 1 aliphatic rings. The first-order chi connectivity index (χ1) is 9.99. The van der Waals surface area contributed by atoms with Crippen LogP contribution in [0.2, 0.25) is 0 Å². The molecule has 0 aromatic carbocycles. The summed E-state index contributed by atoms with van der Waals surface area (Å²) >= 11 is 0. The lowest BCUT2D eigenvalue weighted by atomic mass is 9.74. The van der Waals surface area contributed by atoms with Crippen molar-refractivity contribution in [2.75, 3.05) is 6.54 Å². The van der Waals surface area contributed by atoms with Gasteiger partial charge >= 0.3 is 0 Å². The lowest BCUT2D eigenvalue weighted by Gasteiger charge is -2.40. The van der Waals surface area contributed by atoms with E-state index in [4.69, 9.17) is 10.5 Å². The second-order valence-corrected chi connectivity index (χ2v) is 6.85. The van der Waals surface area contributed by atoms with Gasteiger partial charge in [-0.3, -0.25) is 4.68 Å². The van der Waals surface area contributed by atoms with Gasteiger partial charge in [0.2, 0.25) is 0 Å². The second-order valence-electron chi connectivity index (χ2n) is 6.85. The SMILES string of the molecule is CCn1nc(C)cc1COC1(CN)CCC(C(C)C)CC1. The number of aromatic nitrogens is 2. The van der Waals surface area contributed by atoms with E-state index in [0.29, 0.717) is 13.2 Å². The van der Waals surface area contributed by atoms with Gasteiger partial charge in [0.15, 0.2) is 0 Å². The summed E-state index contributed by atoms with van der Waals surface area (Å²) in [6.45, 7) is 10.9. The number of ether oxygens (including phenoxy) is 1. The number of nitrogens with zero attached hydrogens (tertiary/aromatic N) is 2. The molecular weight excluding hydrogens is 262 g/mol. The molecule has 0 spiro atoms. The Labute approximate surface area is 129 Å². The highest BCUT2D eigenvalue weighted by molar-refractivity contribution is 5.08. The molecule has 0 bridgehead atoms. The van der Waals surface area contributed by atoms with Gasteiger partial charge in [-0.25, -0.2) is 0 Å². The third-order valence-corrected chi connectivity index (χ3v) is 5.07. The maximum Gasteiger partial charge on any atom is 0.0893 e. The summed E-state index contributed by atoms with van der Waals surface area (Å²) in [6.07, 6.45) is 4.65. The Bertz CT molecular complexity index is 445. The van der Waals surface area contributed by atoms with Crippen molar-refractivity contribution in [1.29, 1.82) is 0 Å². The largest absolute Gasteiger partial charge is 0.367 e. The van der Waals surface area contributed by atoms with Gasteiger partial charge < -0.3 is 10.5 Å². The van der Waals surface area contributed by atoms with Crippen LogP contribution in [-0.2, 0) is 17.9 Å². The van der Waals surface area contributed by atoms with Gasteiger partial charge in [0.05, 0.1) is 23.6 Å². The quantitative estimate of drug-likeness (QED) is 0.875. The number of rotatable bonds is 6. The Morgan fingerprint density at radius 1 is 1.43 bits per heavy atom. The van der Waals surface area contributed by atoms with Crippen LogP contribution in [0.4, 0.5) is 0 Å². The first kappa shape index (κ1) is 16.5. The molecule has 0 unspecified atom stereocenters. The second kappa shape index (κ2) is 6.93. The van der Waals surface area contributed by atoms with Gasteiger partial charge in [-0.2, -0.15) is 5.10 Å². The Kier molecular flexibility index (Phi) is 5.44. The van der Waals surface area contributed by atoms with Crippen molar-refractivity contribution >= 4 is 0 Å². The van der Waals surface area contributed by atoms with Crippen LogP contribution in [0.15, 0.2) is 6.07 Å². The Hall–Kier alpha value is -0.870. The minimum Gasteiger partial charge on any atom is -0.367 e. The highest BCUT2D eigenvalue weighted by Gasteiger charge is 2.36. The molecule has 120 valence electrons. The molecular formula is C17H31N3O. The predicted octanol–water partition coefficient (Wildman–Crippen LogP) is 3.27. The minimum atomic E-state index is -0.123. The van der Waals surface area contributed by atoms with E-state index < -0.39 is 0 Å². The zero-order valence-corrected chi connectivity index (χ0v) is 14.1. The lowest BCUT2D eigenvalue weighted by Crippen LogP contribution is -2.44. The van der Waals surface area contributed by atoms with Crippen LogP contribution in [0.3, 0.4) is 0 Å². The van der Waals surface area contributed by atoms with Gasteiger partial charge in [-0.15, -0.1) is 0 Å². The van der Waals surface area contributed by atoms with Crippen LogP contribution >= 0.6 is 0 Å². The zero-order valence-electron chi connectivity index (χ0n) is 14.1. The number of aryl methyl sites for hydroxylation is 2. The Morgan fingerprint density at radius 2 is 2.10 bits per heavy atom. The monoisotopic (exact) mass is 293 g/mol. The van der Waals surface area contributed by atoms with E-state index >= 15 is 0 Å². The van der Waals surface area contributed by atoms with Crippen LogP contribution in [0.25, 0.3) is 0 Å². The smallest absolute Gasteiger partial charge is 0.0893 e. The van der Waals surface area contributed by atoms with Crippen molar-refractivity contribution in [2.45, 2.75) is 72.1 Å². The number of hydrogen-bond acceptors (Lipinski definition) is 3. The molecule has 1 aromatic heterocycles. The third kappa shape index (κ3) is 3.86. The van der Waals surface area contributed by atoms with Crippen LogP contribution in [0.5, 0.6) is 0 Å². The van der Waals surface area contributed by atoms with E-state index in [1.54, 1.807) is 0 Å². The number of nitrogens with two attached hydrogens (primary N) is 1. The molecule has 1 fully saturated rings. The van der Waals surface area contributed by atoms with Gasteiger partial charge in [0.25, 0.3) is 0 Å². The average Bonchev–Trinajstić information content (AvgIpc) is 2.85. The Morgan fingerprint density at radius 3 is 2.62 bits per heavy atom. The summed E-state index contributed by atoms with van der Waals surface area (Å²) in [5.41, 5.74) is 8.15. The van der Waals surface area contributed by atoms with Gasteiger partial charge in [0.1, 0.15) is 0 Å². The van der Waals surface area contributed by atoms with Crippen LogP contribution in [0, 0.1) is 18.8 Å². The molecule has 21 heavy (non-hydrogen) atoms. The molecule has 0 atom stereocenters. The Balaban J connectivity index is 1.96. The first-order valence-corrected chi connectivity index (χ1v) is 8.37. The van der Waals surface area contributed by atoms with Crippen molar-refractivity contribution in [2.24, 2.45) is 17.6 Å². The number of hydrogen-bond donors (Lipinski definition) is 1. The summed E-state index contributed by atoms with van der Waals surface area (Å²) in [4.78, 5) is 0. The molecule has 0 aliphatic heterocycles. The van der Waals surface area contributed by atoms with Crippen LogP contribution in [-0.4, -0.2) is 21.9 Å². The zero-order chi connectivity index (χ0) is 15.5. The third-order valence-electron chi connectivity index (χ3n) is 5.07. The van der Waals surface area contributed by atoms with E-state index in [-0.39, 0.29) is 5.60 Å². The van der Waals surface area contributed by atoms with E-state index in [1.807, 2.05) is 11.6 Å². The molecule has 2 rings (SSSR count). The molecule has 2 N–H and O–H groups in total. The highest BCUT2D eigenvalue weighted by Crippen LogP contribution is 2.38. The molecule has 0 radical (unpaired) electrons. The van der Waals surface area contributed by atoms with Gasteiger partial charge in [-0.1, -0.05) is 13.8 Å². The molecule has 1 heterocycles. The fraction of sp³-hybridized carbons (Fsp3) is 0.824. The van der Waals surface area contributed by atoms with Gasteiger partial charge in [0, 0.05) is 13.1 Å². The molecule has 1 aliphatic carbocycles. The molecule has 4 nitrogen and oxygen atoms in total. The highest BCUT2D eigenvalue weighted by atomic mass is 16.5. The van der Waals surface area contributed by atoms with Crippen molar-refractivity contribution in [3.05, 3.63) is 17.5 Å². The fourth-order valence-corrected chi connectivity index (χ4v) is 3.46. The summed E-state index contributed by atoms with van der Waals surface area (Å²) < 4.78 is 8.33. The molecule has 1 saturated carbocycles. The summed E-state index contributed by atoms with van der Waals surface area (Å²) in [6, 6.07) is 2.12. The lowest BCUT2D eigenvalue weighted by molar-refractivity contribution is -0.0859.